The summed E-state index contributed by atoms with van der Waals surface area (Å²) < 4.78 is 0. The predicted molar refractivity (Wildman–Crippen MR) is 79.9 cm³/mol. The number of carbonyl (C=O) groups excluding carboxylic acids is 1. The third-order valence-electron chi connectivity index (χ3n) is 3.29. The second-order valence-electron chi connectivity index (χ2n) is 4.78. The van der Waals surface area contributed by atoms with Crippen LogP contribution in [0.5, 0.6) is 0 Å². The lowest BCUT2D eigenvalue weighted by atomic mass is 10.1. The van der Waals surface area contributed by atoms with Crippen LogP contribution in [0.1, 0.15) is 22.5 Å². The van der Waals surface area contributed by atoms with Crippen molar-refractivity contribution >= 4 is 17.5 Å². The maximum atomic E-state index is 11.9. The minimum Gasteiger partial charge on any atom is -0.355 e. The third-order valence-corrected chi connectivity index (χ3v) is 3.66. The summed E-state index contributed by atoms with van der Waals surface area (Å²) in [5, 5.41) is 10.6. The van der Waals surface area contributed by atoms with Crippen LogP contribution in [-0.2, 0) is 17.6 Å². The number of aryl methyl sites for hydroxylation is 2. The fourth-order valence-corrected chi connectivity index (χ4v) is 2.35. The molecule has 0 aliphatic heterocycles. The molecule has 0 spiro atoms. The lowest BCUT2D eigenvalue weighted by Gasteiger charge is -2.07. The van der Waals surface area contributed by atoms with E-state index in [1.165, 1.54) is 5.56 Å². The van der Waals surface area contributed by atoms with E-state index in [2.05, 4.69) is 15.5 Å². The Morgan fingerprint density at radius 2 is 2.10 bits per heavy atom. The van der Waals surface area contributed by atoms with Crippen LogP contribution in [-0.4, -0.2) is 22.6 Å². The Hall–Kier alpha value is -1.81. The van der Waals surface area contributed by atoms with Crippen LogP contribution < -0.4 is 5.32 Å². The van der Waals surface area contributed by atoms with Gasteiger partial charge in [0.1, 0.15) is 0 Å². The van der Waals surface area contributed by atoms with Crippen LogP contribution in [0.2, 0.25) is 5.02 Å². The van der Waals surface area contributed by atoms with Crippen molar-refractivity contribution in [3.05, 3.63) is 51.8 Å². The minimum absolute atomic E-state index is 0.0168. The lowest BCUT2D eigenvalue weighted by Crippen LogP contribution is -2.27. The van der Waals surface area contributed by atoms with Gasteiger partial charge in [-0.1, -0.05) is 29.8 Å². The predicted octanol–water partition coefficient (Wildman–Crippen LogP) is 2.58. The topological polar surface area (TPSA) is 57.8 Å². The van der Waals surface area contributed by atoms with Crippen LogP contribution >= 0.6 is 11.6 Å². The van der Waals surface area contributed by atoms with Gasteiger partial charge < -0.3 is 5.32 Å². The molecule has 0 saturated heterocycles. The Balaban J connectivity index is 1.83. The Morgan fingerprint density at radius 3 is 2.75 bits per heavy atom. The standard InChI is InChI=1S/C15H18ClN3O/c1-10-13(11(2)19-18-10)7-8-17-15(20)9-12-5-3-4-6-14(12)16/h3-6H,7-9H2,1-2H3,(H,17,20)(H,18,19). The van der Waals surface area contributed by atoms with E-state index in [9.17, 15) is 4.79 Å². The number of hydrogen-bond donors (Lipinski definition) is 2. The number of H-pyrrole nitrogens is 1. The van der Waals surface area contributed by atoms with Gasteiger partial charge in [0.15, 0.2) is 0 Å². The zero-order chi connectivity index (χ0) is 14.5. The summed E-state index contributed by atoms with van der Waals surface area (Å²) in [7, 11) is 0. The highest BCUT2D eigenvalue weighted by Crippen LogP contribution is 2.15. The second-order valence-corrected chi connectivity index (χ2v) is 5.19. The van der Waals surface area contributed by atoms with Gasteiger partial charge in [-0.05, 0) is 37.5 Å². The Bertz CT molecular complexity index is 587. The highest BCUT2D eigenvalue weighted by Gasteiger charge is 2.08. The molecular formula is C15H18ClN3O. The maximum Gasteiger partial charge on any atom is 0.224 e. The fourth-order valence-electron chi connectivity index (χ4n) is 2.15. The molecule has 0 unspecified atom stereocenters. The number of halogens is 1. The average molecular weight is 292 g/mol. The largest absolute Gasteiger partial charge is 0.355 e. The van der Waals surface area contributed by atoms with Crippen molar-refractivity contribution in [1.82, 2.24) is 15.5 Å². The molecule has 0 aliphatic carbocycles. The number of carbonyl (C=O) groups is 1. The summed E-state index contributed by atoms with van der Waals surface area (Å²) in [6.45, 7) is 4.55. The molecule has 2 rings (SSSR count). The lowest BCUT2D eigenvalue weighted by molar-refractivity contribution is -0.120. The Morgan fingerprint density at radius 1 is 1.35 bits per heavy atom. The molecule has 1 aromatic heterocycles. The molecule has 0 radical (unpaired) electrons. The molecule has 0 bridgehead atoms. The van der Waals surface area contributed by atoms with E-state index >= 15 is 0 Å². The molecule has 20 heavy (non-hydrogen) atoms. The monoisotopic (exact) mass is 291 g/mol. The summed E-state index contributed by atoms with van der Waals surface area (Å²) >= 11 is 6.03. The first kappa shape index (κ1) is 14.6. The SMILES string of the molecule is Cc1n[nH]c(C)c1CCNC(=O)Cc1ccccc1Cl. The van der Waals surface area contributed by atoms with E-state index in [1.54, 1.807) is 6.07 Å². The quantitative estimate of drug-likeness (QED) is 0.889. The summed E-state index contributed by atoms with van der Waals surface area (Å²) in [4.78, 5) is 11.9. The first-order valence-electron chi connectivity index (χ1n) is 6.58. The van der Waals surface area contributed by atoms with Crippen LogP contribution in [0.25, 0.3) is 0 Å². The smallest absolute Gasteiger partial charge is 0.224 e. The van der Waals surface area contributed by atoms with E-state index in [1.807, 2.05) is 32.0 Å². The van der Waals surface area contributed by atoms with Crippen molar-refractivity contribution in [3.8, 4) is 0 Å². The van der Waals surface area contributed by atoms with Crippen molar-refractivity contribution in [1.29, 1.82) is 0 Å². The second kappa shape index (κ2) is 6.57. The number of aromatic amines is 1. The van der Waals surface area contributed by atoms with Crippen molar-refractivity contribution in [2.75, 3.05) is 6.54 Å². The Labute approximate surface area is 123 Å². The van der Waals surface area contributed by atoms with Gasteiger partial charge in [-0.3, -0.25) is 9.89 Å². The van der Waals surface area contributed by atoms with Gasteiger partial charge in [-0.2, -0.15) is 5.10 Å². The fraction of sp³-hybridized carbons (Fsp3) is 0.333. The van der Waals surface area contributed by atoms with Crippen LogP contribution in [0.15, 0.2) is 24.3 Å². The molecule has 2 aromatic rings. The first-order valence-corrected chi connectivity index (χ1v) is 6.96. The van der Waals surface area contributed by atoms with E-state index in [0.29, 0.717) is 18.0 Å². The van der Waals surface area contributed by atoms with Gasteiger partial charge >= 0.3 is 0 Å². The minimum atomic E-state index is -0.0168. The van der Waals surface area contributed by atoms with Gasteiger partial charge in [0.25, 0.3) is 0 Å². The zero-order valence-electron chi connectivity index (χ0n) is 11.7. The zero-order valence-corrected chi connectivity index (χ0v) is 12.4. The average Bonchev–Trinajstić information content (AvgIpc) is 2.73. The normalized spacial score (nSPS) is 10.6. The van der Waals surface area contributed by atoms with Gasteiger partial charge in [0.2, 0.25) is 5.91 Å². The summed E-state index contributed by atoms with van der Waals surface area (Å²) in [6, 6.07) is 7.40. The number of nitrogens with one attached hydrogen (secondary N) is 2. The number of rotatable bonds is 5. The van der Waals surface area contributed by atoms with E-state index in [-0.39, 0.29) is 5.91 Å². The molecule has 2 N–H and O–H groups in total. The molecule has 0 aliphatic rings. The Kier molecular flexibility index (Phi) is 4.79. The van der Waals surface area contributed by atoms with Gasteiger partial charge in [0, 0.05) is 17.3 Å². The van der Waals surface area contributed by atoms with E-state index in [0.717, 1.165) is 23.4 Å². The number of benzene rings is 1. The molecule has 0 atom stereocenters. The molecule has 1 aromatic carbocycles. The first-order chi connectivity index (χ1) is 9.58. The van der Waals surface area contributed by atoms with Crippen molar-refractivity contribution in [2.45, 2.75) is 26.7 Å². The van der Waals surface area contributed by atoms with Crippen molar-refractivity contribution in [3.63, 3.8) is 0 Å². The molecule has 0 saturated carbocycles. The van der Waals surface area contributed by atoms with Crippen molar-refractivity contribution < 1.29 is 4.79 Å². The highest BCUT2D eigenvalue weighted by atomic mass is 35.5. The third kappa shape index (κ3) is 3.61. The molecule has 1 amide bonds. The summed E-state index contributed by atoms with van der Waals surface area (Å²) in [5.74, 6) is -0.0168. The summed E-state index contributed by atoms with van der Waals surface area (Å²) in [6.07, 6.45) is 1.09. The molecule has 0 fully saturated rings. The molecular weight excluding hydrogens is 274 g/mol. The van der Waals surface area contributed by atoms with Crippen LogP contribution in [0, 0.1) is 13.8 Å². The van der Waals surface area contributed by atoms with E-state index < -0.39 is 0 Å². The highest BCUT2D eigenvalue weighted by molar-refractivity contribution is 6.31. The van der Waals surface area contributed by atoms with Crippen molar-refractivity contribution in [2.24, 2.45) is 0 Å². The van der Waals surface area contributed by atoms with Gasteiger partial charge in [0.05, 0.1) is 12.1 Å². The number of nitrogens with zero attached hydrogens (tertiary/aromatic N) is 1. The maximum absolute atomic E-state index is 11.9. The molecule has 4 nitrogen and oxygen atoms in total. The van der Waals surface area contributed by atoms with Gasteiger partial charge in [-0.25, -0.2) is 0 Å². The number of aromatic nitrogens is 2. The molecule has 106 valence electrons. The molecule has 1 heterocycles. The molecule has 5 heteroatoms. The number of amides is 1. The van der Waals surface area contributed by atoms with E-state index in [4.69, 9.17) is 11.6 Å². The van der Waals surface area contributed by atoms with Crippen LogP contribution in [0.4, 0.5) is 0 Å². The number of hydrogen-bond acceptors (Lipinski definition) is 2. The van der Waals surface area contributed by atoms with Gasteiger partial charge in [-0.15, -0.1) is 0 Å². The van der Waals surface area contributed by atoms with Crippen LogP contribution in [0.3, 0.4) is 0 Å². The summed E-state index contributed by atoms with van der Waals surface area (Å²) in [5.41, 5.74) is 4.07.